The maximum atomic E-state index is 12.0. The van der Waals surface area contributed by atoms with Crippen molar-refractivity contribution >= 4 is 34.9 Å². The van der Waals surface area contributed by atoms with Crippen molar-refractivity contribution in [3.63, 3.8) is 0 Å². The lowest BCUT2D eigenvalue weighted by Crippen LogP contribution is -2.48. The lowest BCUT2D eigenvalue weighted by molar-refractivity contribution is -0.124. The summed E-state index contributed by atoms with van der Waals surface area (Å²) in [6.45, 7) is 2.39. The summed E-state index contributed by atoms with van der Waals surface area (Å²) < 4.78 is 0.731. The molecular weight excluding hydrogens is 298 g/mol. The molecule has 1 unspecified atom stereocenters. The summed E-state index contributed by atoms with van der Waals surface area (Å²) in [6, 6.07) is 3.22. The number of thiophene rings is 1. The number of carbonyl (C=O) groups excluding carboxylic acids is 2. The van der Waals surface area contributed by atoms with Crippen molar-refractivity contribution in [2.24, 2.45) is 0 Å². The number of hydrogen-bond donors (Lipinski definition) is 2. The average molecular weight is 316 g/mol. The minimum atomic E-state index is -0.406. The van der Waals surface area contributed by atoms with Crippen molar-refractivity contribution in [3.8, 4) is 0 Å². The lowest BCUT2D eigenvalue weighted by Gasteiger charge is -2.22. The molecule has 1 aromatic heterocycles. The second-order valence-electron chi connectivity index (χ2n) is 5.03. The van der Waals surface area contributed by atoms with Gasteiger partial charge in [0.1, 0.15) is 0 Å². The summed E-state index contributed by atoms with van der Waals surface area (Å²) in [5.41, 5.74) is 0. The van der Waals surface area contributed by atoms with Crippen LogP contribution >= 0.6 is 22.9 Å². The van der Waals surface area contributed by atoms with Gasteiger partial charge in [-0.25, -0.2) is 4.79 Å². The third-order valence-corrected chi connectivity index (χ3v) is 4.44. The molecule has 0 spiro atoms. The molecule has 0 aromatic carbocycles. The van der Waals surface area contributed by atoms with E-state index in [2.05, 4.69) is 10.6 Å². The molecule has 0 saturated heterocycles. The van der Waals surface area contributed by atoms with Gasteiger partial charge in [-0.15, -0.1) is 11.3 Å². The maximum absolute atomic E-state index is 12.0. The summed E-state index contributed by atoms with van der Waals surface area (Å²) >= 11 is 7.37. The molecule has 2 rings (SSSR count). The van der Waals surface area contributed by atoms with E-state index < -0.39 is 6.03 Å². The third kappa shape index (κ3) is 4.47. The summed E-state index contributed by atoms with van der Waals surface area (Å²) in [4.78, 5) is 26.4. The van der Waals surface area contributed by atoms with Crippen LogP contribution < -0.4 is 10.6 Å². The van der Waals surface area contributed by atoms with Crippen LogP contribution in [0.5, 0.6) is 0 Å². The maximum Gasteiger partial charge on any atom is 0.321 e. The van der Waals surface area contributed by atoms with E-state index in [4.69, 9.17) is 11.6 Å². The fraction of sp³-hybridized carbons (Fsp3) is 0.538. The minimum absolute atomic E-state index is 0.240. The molecule has 1 aliphatic rings. The van der Waals surface area contributed by atoms with Crippen molar-refractivity contribution in [2.45, 2.75) is 38.4 Å². The van der Waals surface area contributed by atoms with Crippen LogP contribution in [0.3, 0.4) is 0 Å². The highest BCUT2D eigenvalue weighted by Gasteiger charge is 2.26. The minimum Gasteiger partial charge on any atom is -0.335 e. The molecule has 1 saturated carbocycles. The first-order chi connectivity index (χ1) is 9.45. The zero-order valence-electron chi connectivity index (χ0n) is 11.5. The van der Waals surface area contributed by atoms with Crippen LogP contribution in [-0.4, -0.2) is 36.0 Å². The summed E-state index contributed by atoms with van der Waals surface area (Å²) in [7, 11) is 1.84. The Bertz CT molecular complexity index is 502. The normalized spacial score (nSPS) is 16.0. The Morgan fingerprint density at radius 2 is 2.20 bits per heavy atom. The SMILES string of the molecule is CC(C(=O)NC(=O)NC1CC1)N(C)Cc1ccc(Cl)s1. The van der Waals surface area contributed by atoms with Gasteiger partial charge in [0.25, 0.3) is 0 Å². The van der Waals surface area contributed by atoms with Crippen LogP contribution in [0.2, 0.25) is 4.34 Å². The highest BCUT2D eigenvalue weighted by Crippen LogP contribution is 2.22. The Morgan fingerprint density at radius 3 is 2.75 bits per heavy atom. The van der Waals surface area contributed by atoms with Crippen LogP contribution in [0.4, 0.5) is 4.79 Å². The van der Waals surface area contributed by atoms with Crippen LogP contribution in [0.1, 0.15) is 24.6 Å². The van der Waals surface area contributed by atoms with Gasteiger partial charge >= 0.3 is 6.03 Å². The topological polar surface area (TPSA) is 61.4 Å². The number of urea groups is 1. The van der Waals surface area contributed by atoms with Gasteiger partial charge in [-0.3, -0.25) is 15.0 Å². The van der Waals surface area contributed by atoms with Crippen LogP contribution in [-0.2, 0) is 11.3 Å². The zero-order valence-corrected chi connectivity index (χ0v) is 13.1. The molecule has 3 amide bonds. The number of imide groups is 1. The number of nitrogens with zero attached hydrogens (tertiary/aromatic N) is 1. The van der Waals surface area contributed by atoms with Gasteiger partial charge in [0.2, 0.25) is 5.91 Å². The first-order valence-corrected chi connectivity index (χ1v) is 7.71. The van der Waals surface area contributed by atoms with Crippen LogP contribution in [0.25, 0.3) is 0 Å². The number of carbonyl (C=O) groups is 2. The molecule has 1 heterocycles. The van der Waals surface area contributed by atoms with Crippen molar-refractivity contribution < 1.29 is 9.59 Å². The second-order valence-corrected chi connectivity index (χ2v) is 6.83. The molecular formula is C13H18ClN3O2S. The molecule has 1 fully saturated rings. The molecule has 5 nitrogen and oxygen atoms in total. The number of hydrogen-bond acceptors (Lipinski definition) is 4. The number of amides is 3. The molecule has 20 heavy (non-hydrogen) atoms. The van der Waals surface area contributed by atoms with E-state index in [-0.39, 0.29) is 18.0 Å². The van der Waals surface area contributed by atoms with E-state index in [0.29, 0.717) is 6.54 Å². The predicted octanol–water partition coefficient (Wildman–Crippen LogP) is 2.21. The fourth-order valence-electron chi connectivity index (χ4n) is 1.69. The van der Waals surface area contributed by atoms with E-state index >= 15 is 0 Å². The quantitative estimate of drug-likeness (QED) is 0.875. The Morgan fingerprint density at radius 1 is 1.50 bits per heavy atom. The van der Waals surface area contributed by atoms with Crippen LogP contribution in [0.15, 0.2) is 12.1 Å². The third-order valence-electron chi connectivity index (χ3n) is 3.22. The van der Waals surface area contributed by atoms with Gasteiger partial charge in [0.15, 0.2) is 0 Å². The Hall–Kier alpha value is -1.11. The Labute approximate surface area is 127 Å². The predicted molar refractivity (Wildman–Crippen MR) is 80.0 cm³/mol. The molecule has 2 N–H and O–H groups in total. The Kier molecular flexibility index (Phi) is 5.01. The Balaban J connectivity index is 1.80. The van der Waals surface area contributed by atoms with E-state index in [0.717, 1.165) is 22.1 Å². The average Bonchev–Trinajstić information content (AvgIpc) is 3.09. The van der Waals surface area contributed by atoms with Crippen molar-refractivity contribution in [1.29, 1.82) is 0 Å². The molecule has 1 aliphatic carbocycles. The van der Waals surface area contributed by atoms with Gasteiger partial charge in [-0.2, -0.15) is 0 Å². The lowest BCUT2D eigenvalue weighted by atomic mass is 10.2. The van der Waals surface area contributed by atoms with Gasteiger partial charge in [0.05, 0.1) is 10.4 Å². The van der Waals surface area contributed by atoms with Gasteiger partial charge in [-0.05, 0) is 38.9 Å². The number of rotatable bonds is 5. The molecule has 110 valence electrons. The van der Waals surface area contributed by atoms with Gasteiger partial charge in [0, 0.05) is 17.5 Å². The molecule has 1 aromatic rings. The van der Waals surface area contributed by atoms with Crippen molar-refractivity contribution in [2.75, 3.05) is 7.05 Å². The monoisotopic (exact) mass is 315 g/mol. The van der Waals surface area contributed by atoms with Crippen LogP contribution in [0, 0.1) is 0 Å². The number of nitrogens with one attached hydrogen (secondary N) is 2. The summed E-state index contributed by atoms with van der Waals surface area (Å²) in [6.07, 6.45) is 1.99. The smallest absolute Gasteiger partial charge is 0.321 e. The standard InChI is InChI=1S/C13H18ClN3O2S/c1-8(12(18)16-13(19)15-9-3-4-9)17(2)7-10-5-6-11(14)20-10/h5-6,8-9H,3-4,7H2,1-2H3,(H2,15,16,18,19). The van der Waals surface area contributed by atoms with E-state index in [9.17, 15) is 9.59 Å². The largest absolute Gasteiger partial charge is 0.335 e. The summed E-state index contributed by atoms with van der Waals surface area (Å²) in [5.74, 6) is -0.298. The van der Waals surface area contributed by atoms with Crippen molar-refractivity contribution in [1.82, 2.24) is 15.5 Å². The second kappa shape index (κ2) is 6.56. The molecule has 1 atom stereocenters. The summed E-state index contributed by atoms with van der Waals surface area (Å²) in [5, 5.41) is 5.10. The zero-order chi connectivity index (χ0) is 14.7. The molecule has 0 aliphatic heterocycles. The number of likely N-dealkylation sites (N-methyl/N-ethyl adjacent to an activating group) is 1. The highest BCUT2D eigenvalue weighted by molar-refractivity contribution is 7.16. The number of halogens is 1. The molecule has 0 bridgehead atoms. The first kappa shape index (κ1) is 15.3. The first-order valence-electron chi connectivity index (χ1n) is 6.51. The highest BCUT2D eigenvalue weighted by atomic mass is 35.5. The van der Waals surface area contributed by atoms with Gasteiger partial charge in [-0.1, -0.05) is 11.6 Å². The fourth-order valence-corrected chi connectivity index (χ4v) is 2.84. The molecule has 0 radical (unpaired) electrons. The van der Waals surface area contributed by atoms with E-state index in [1.807, 2.05) is 24.1 Å². The van der Waals surface area contributed by atoms with Gasteiger partial charge < -0.3 is 5.32 Å². The van der Waals surface area contributed by atoms with E-state index in [1.165, 1.54) is 11.3 Å². The molecule has 7 heteroatoms. The van der Waals surface area contributed by atoms with Crippen molar-refractivity contribution in [3.05, 3.63) is 21.3 Å². The van der Waals surface area contributed by atoms with E-state index in [1.54, 1.807) is 6.92 Å².